The lowest BCUT2D eigenvalue weighted by Crippen LogP contribution is -2.48. The van der Waals surface area contributed by atoms with Crippen molar-refractivity contribution in [3.63, 3.8) is 0 Å². The number of hydrogen-bond donors (Lipinski definition) is 0. The molecule has 130 valence electrons. The third kappa shape index (κ3) is 3.00. The van der Waals surface area contributed by atoms with Gasteiger partial charge in [0.15, 0.2) is 11.2 Å². The van der Waals surface area contributed by atoms with E-state index < -0.39 is 0 Å². The first-order valence-corrected chi connectivity index (χ1v) is 8.81. The van der Waals surface area contributed by atoms with Gasteiger partial charge < -0.3 is 19.1 Å². The van der Waals surface area contributed by atoms with E-state index in [0.717, 1.165) is 65.5 Å². The van der Waals surface area contributed by atoms with Gasteiger partial charge in [-0.3, -0.25) is 0 Å². The molecule has 4 rings (SSSR count). The molecule has 0 amide bonds. The van der Waals surface area contributed by atoms with Gasteiger partial charge in [0.25, 0.3) is 0 Å². The summed E-state index contributed by atoms with van der Waals surface area (Å²) in [6, 6.07) is 7.98. The molecule has 6 heteroatoms. The van der Waals surface area contributed by atoms with Crippen molar-refractivity contribution in [3.05, 3.63) is 52.1 Å². The predicted molar refractivity (Wildman–Crippen MR) is 100 cm³/mol. The molecule has 2 aromatic rings. The maximum atomic E-state index is 6.33. The third-order valence-corrected chi connectivity index (χ3v) is 4.97. The Bertz CT molecular complexity index is 911. The van der Waals surface area contributed by atoms with E-state index in [1.54, 1.807) is 7.11 Å². The van der Waals surface area contributed by atoms with Crippen LogP contribution in [0, 0.1) is 0 Å². The number of hydrogen-bond acceptors (Lipinski definition) is 5. The van der Waals surface area contributed by atoms with E-state index in [4.69, 9.17) is 20.9 Å². The van der Waals surface area contributed by atoms with Crippen molar-refractivity contribution < 1.29 is 9.26 Å². The smallest absolute Gasteiger partial charge is 0.183 e. The number of anilines is 2. The number of halogens is 1. The number of benzene rings is 1. The first-order valence-electron chi connectivity index (χ1n) is 8.43. The van der Waals surface area contributed by atoms with Crippen LogP contribution in [0.4, 0.5) is 11.5 Å². The van der Waals surface area contributed by atoms with Gasteiger partial charge in [-0.25, -0.2) is 0 Å². The number of ether oxygens (including phenoxy) is 1. The Hall–Kier alpha value is -2.40. The Labute approximate surface area is 151 Å². The molecular weight excluding hydrogens is 338 g/mol. The number of nitrogens with zero attached hydrogens (tertiary/aromatic N) is 3. The number of allylic oxidation sites excluding steroid dienone is 1. The van der Waals surface area contributed by atoms with E-state index in [9.17, 15) is 0 Å². The van der Waals surface area contributed by atoms with Gasteiger partial charge in [0, 0.05) is 26.2 Å². The van der Waals surface area contributed by atoms with E-state index in [-0.39, 0.29) is 0 Å². The highest BCUT2D eigenvalue weighted by Crippen LogP contribution is 2.26. The van der Waals surface area contributed by atoms with Gasteiger partial charge in [-0.15, -0.1) is 0 Å². The summed E-state index contributed by atoms with van der Waals surface area (Å²) in [5.41, 5.74) is 1.87. The van der Waals surface area contributed by atoms with Crippen LogP contribution in [0.25, 0.3) is 11.8 Å². The van der Waals surface area contributed by atoms with E-state index in [0.29, 0.717) is 0 Å². The van der Waals surface area contributed by atoms with Crippen LogP contribution in [0.15, 0.2) is 40.9 Å². The lowest BCUT2D eigenvalue weighted by atomic mass is 10.2. The van der Waals surface area contributed by atoms with Crippen molar-refractivity contribution >= 4 is 34.9 Å². The molecule has 2 aliphatic rings. The first kappa shape index (κ1) is 16.1. The van der Waals surface area contributed by atoms with E-state index in [1.165, 1.54) is 0 Å². The molecule has 0 bridgehead atoms. The number of methoxy groups -OCH3 is 1. The molecule has 0 N–H and O–H groups in total. The molecule has 1 aromatic carbocycles. The monoisotopic (exact) mass is 357 g/mol. The van der Waals surface area contributed by atoms with Crippen molar-refractivity contribution in [1.82, 2.24) is 5.16 Å². The van der Waals surface area contributed by atoms with Gasteiger partial charge >= 0.3 is 0 Å². The number of para-hydroxylation sites is 1. The van der Waals surface area contributed by atoms with Crippen molar-refractivity contribution in [2.24, 2.45) is 0 Å². The standard InChI is InChI=1S/C19H20ClN3O2/c1-24-16-8-4-5-9-17-18(16)19(21-25-17)23-12-10-22(11-13-23)15-7-3-2-6-14(15)20/h2-4,6-9H,5,10-13H2,1H3. The molecule has 1 aromatic heterocycles. The average Bonchev–Trinajstić information content (AvgIpc) is 2.95. The highest BCUT2D eigenvalue weighted by molar-refractivity contribution is 6.33. The zero-order chi connectivity index (χ0) is 17.2. The van der Waals surface area contributed by atoms with Crippen LogP contribution in [0.1, 0.15) is 6.42 Å². The van der Waals surface area contributed by atoms with Crippen molar-refractivity contribution in [2.45, 2.75) is 6.42 Å². The number of fused-ring (bicyclic) bond motifs is 1. The fourth-order valence-corrected chi connectivity index (χ4v) is 3.61. The van der Waals surface area contributed by atoms with Crippen LogP contribution in [0.5, 0.6) is 0 Å². The highest BCUT2D eigenvalue weighted by atomic mass is 35.5. The topological polar surface area (TPSA) is 41.7 Å². The number of piperazine rings is 1. The van der Waals surface area contributed by atoms with Gasteiger partial charge in [-0.05, 0) is 30.7 Å². The van der Waals surface area contributed by atoms with Crippen LogP contribution in [-0.2, 0) is 4.74 Å². The van der Waals surface area contributed by atoms with Crippen LogP contribution >= 0.6 is 11.6 Å². The molecule has 0 radical (unpaired) electrons. The summed E-state index contributed by atoms with van der Waals surface area (Å²) < 4.78 is 11.1. The summed E-state index contributed by atoms with van der Waals surface area (Å²) in [6.07, 6.45) is 6.90. The molecule has 0 atom stereocenters. The molecule has 25 heavy (non-hydrogen) atoms. The lowest BCUT2D eigenvalue weighted by Gasteiger charge is -2.36. The minimum Gasteiger partial charge on any atom is -0.496 e. The molecular formula is C19H20ClN3O2. The second-order valence-corrected chi connectivity index (χ2v) is 6.49. The molecule has 0 unspecified atom stereocenters. The van der Waals surface area contributed by atoms with Crippen molar-refractivity contribution in [1.29, 1.82) is 0 Å². The molecule has 1 aliphatic heterocycles. The number of rotatable bonds is 3. The Morgan fingerprint density at radius 1 is 1.12 bits per heavy atom. The number of aromatic nitrogens is 1. The maximum Gasteiger partial charge on any atom is 0.183 e. The van der Waals surface area contributed by atoms with Crippen molar-refractivity contribution in [3.8, 4) is 0 Å². The molecule has 0 saturated carbocycles. The summed E-state index contributed by atoms with van der Waals surface area (Å²) in [7, 11) is 1.68. The summed E-state index contributed by atoms with van der Waals surface area (Å²) in [4.78, 5) is 4.56. The van der Waals surface area contributed by atoms with Gasteiger partial charge in [-0.2, -0.15) is 0 Å². The van der Waals surface area contributed by atoms with Crippen LogP contribution in [-0.4, -0.2) is 38.4 Å². The van der Waals surface area contributed by atoms with Gasteiger partial charge in [0.2, 0.25) is 0 Å². The summed E-state index contributed by atoms with van der Waals surface area (Å²) in [5.74, 6) is 1.65. The van der Waals surface area contributed by atoms with Crippen molar-refractivity contribution in [2.75, 3.05) is 43.1 Å². The molecule has 1 aliphatic carbocycles. The Morgan fingerprint density at radius 3 is 2.64 bits per heavy atom. The second kappa shape index (κ2) is 6.84. The van der Waals surface area contributed by atoms with E-state index in [1.807, 2.05) is 30.4 Å². The SMILES string of the molecule is COC1=c2c(N3CCN(c4ccccc4Cl)CC3)noc2=CCC=C1. The fraction of sp³-hybridized carbons (Fsp3) is 0.316. The molecule has 1 fully saturated rings. The fourth-order valence-electron chi connectivity index (χ4n) is 3.35. The third-order valence-electron chi connectivity index (χ3n) is 4.65. The minimum absolute atomic E-state index is 0.783. The zero-order valence-corrected chi connectivity index (χ0v) is 14.9. The summed E-state index contributed by atoms with van der Waals surface area (Å²) in [5, 5.41) is 6.06. The predicted octanol–water partition coefficient (Wildman–Crippen LogP) is 2.15. The maximum absolute atomic E-state index is 6.33. The van der Waals surface area contributed by atoms with Gasteiger partial charge in [-0.1, -0.05) is 35.0 Å². The molecule has 5 nitrogen and oxygen atoms in total. The van der Waals surface area contributed by atoms with Crippen LogP contribution in [0.2, 0.25) is 5.02 Å². The average molecular weight is 358 g/mol. The minimum atomic E-state index is 0.783. The Balaban J connectivity index is 1.61. The second-order valence-electron chi connectivity index (χ2n) is 6.08. The molecule has 0 spiro atoms. The molecule has 1 saturated heterocycles. The first-order chi connectivity index (χ1) is 12.3. The highest BCUT2D eigenvalue weighted by Gasteiger charge is 2.23. The van der Waals surface area contributed by atoms with Crippen LogP contribution < -0.4 is 20.4 Å². The Morgan fingerprint density at radius 2 is 1.88 bits per heavy atom. The van der Waals surface area contributed by atoms with E-state index >= 15 is 0 Å². The van der Waals surface area contributed by atoms with Gasteiger partial charge in [0.05, 0.1) is 17.8 Å². The quantitative estimate of drug-likeness (QED) is 0.842. The van der Waals surface area contributed by atoms with Crippen LogP contribution in [0.3, 0.4) is 0 Å². The zero-order valence-electron chi connectivity index (χ0n) is 14.1. The van der Waals surface area contributed by atoms with Gasteiger partial charge in [0.1, 0.15) is 11.0 Å². The summed E-state index contributed by atoms with van der Waals surface area (Å²) in [6.45, 7) is 3.47. The van der Waals surface area contributed by atoms with E-state index in [2.05, 4.69) is 27.1 Å². The lowest BCUT2D eigenvalue weighted by molar-refractivity contribution is 0.367. The molecule has 2 heterocycles. The normalized spacial score (nSPS) is 17.1. The Kier molecular flexibility index (Phi) is 4.40. The largest absolute Gasteiger partial charge is 0.496 e. The summed E-state index contributed by atoms with van der Waals surface area (Å²) >= 11 is 6.33.